The van der Waals surface area contributed by atoms with Crippen molar-refractivity contribution in [3.05, 3.63) is 59.7 Å². The third-order valence-electron chi connectivity index (χ3n) is 3.43. The molecule has 0 saturated heterocycles. The summed E-state index contributed by atoms with van der Waals surface area (Å²) >= 11 is 0. The van der Waals surface area contributed by atoms with E-state index in [0.29, 0.717) is 11.3 Å². The van der Waals surface area contributed by atoms with Gasteiger partial charge in [-0.1, -0.05) is 29.8 Å². The van der Waals surface area contributed by atoms with Crippen LogP contribution in [0, 0.1) is 6.92 Å². The van der Waals surface area contributed by atoms with Crippen LogP contribution in [0.25, 0.3) is 0 Å². The van der Waals surface area contributed by atoms with Gasteiger partial charge in [0, 0.05) is 6.54 Å². The van der Waals surface area contributed by atoms with Crippen LogP contribution >= 0.6 is 0 Å². The summed E-state index contributed by atoms with van der Waals surface area (Å²) in [5.74, 6) is 0.619. The van der Waals surface area contributed by atoms with Gasteiger partial charge < -0.3 is 10.5 Å². The molecule has 21 heavy (non-hydrogen) atoms. The molecule has 0 fully saturated rings. The number of hydrogen-bond acceptors (Lipinski definition) is 4. The van der Waals surface area contributed by atoms with Crippen molar-refractivity contribution in [1.82, 2.24) is 0 Å². The Morgan fingerprint density at radius 1 is 1.05 bits per heavy atom. The van der Waals surface area contributed by atoms with Crippen molar-refractivity contribution in [3.63, 3.8) is 0 Å². The second-order valence-electron chi connectivity index (χ2n) is 4.86. The third-order valence-corrected chi connectivity index (χ3v) is 5.57. The van der Waals surface area contributed by atoms with E-state index >= 15 is 0 Å². The van der Waals surface area contributed by atoms with Crippen molar-refractivity contribution >= 4 is 9.84 Å². The van der Waals surface area contributed by atoms with E-state index in [-0.39, 0.29) is 11.4 Å². The first kappa shape index (κ1) is 15.5. The van der Waals surface area contributed by atoms with Crippen molar-refractivity contribution in [2.24, 2.45) is 5.73 Å². The van der Waals surface area contributed by atoms with E-state index in [1.54, 1.807) is 31.4 Å². The Bertz CT molecular complexity index is 691. The lowest BCUT2D eigenvalue weighted by Crippen LogP contribution is -2.22. The molecule has 2 aromatic rings. The lowest BCUT2D eigenvalue weighted by atomic mass is 10.1. The molecule has 0 radical (unpaired) electrons. The van der Waals surface area contributed by atoms with Crippen LogP contribution < -0.4 is 10.5 Å². The van der Waals surface area contributed by atoms with Crippen LogP contribution in [0.4, 0.5) is 0 Å². The molecule has 2 aromatic carbocycles. The number of benzene rings is 2. The van der Waals surface area contributed by atoms with Crippen molar-refractivity contribution in [1.29, 1.82) is 0 Å². The highest BCUT2D eigenvalue weighted by Gasteiger charge is 2.27. The Kier molecular flexibility index (Phi) is 4.65. The summed E-state index contributed by atoms with van der Waals surface area (Å²) in [6, 6.07) is 13.8. The van der Waals surface area contributed by atoms with Crippen molar-refractivity contribution in [3.8, 4) is 5.75 Å². The number of methoxy groups -OCH3 is 1. The lowest BCUT2D eigenvalue weighted by molar-refractivity contribution is 0.414. The Balaban J connectivity index is 2.41. The summed E-state index contributed by atoms with van der Waals surface area (Å²) in [6.45, 7) is 2.00. The van der Waals surface area contributed by atoms with Gasteiger partial charge in [-0.05, 0) is 36.8 Å². The fraction of sp³-hybridized carbons (Fsp3) is 0.250. The molecule has 0 amide bonds. The number of hydrogen-bond donors (Lipinski definition) is 1. The van der Waals surface area contributed by atoms with Crippen LogP contribution in [0.5, 0.6) is 5.75 Å². The van der Waals surface area contributed by atoms with Gasteiger partial charge in [-0.3, -0.25) is 0 Å². The third kappa shape index (κ3) is 3.25. The quantitative estimate of drug-likeness (QED) is 0.921. The monoisotopic (exact) mass is 305 g/mol. The normalized spacial score (nSPS) is 12.9. The summed E-state index contributed by atoms with van der Waals surface area (Å²) in [5.41, 5.74) is 7.51. The SMILES string of the molecule is COc1ccc(S(=O)(=O)C(CN)c2ccc(C)cc2)cc1. The van der Waals surface area contributed by atoms with Gasteiger partial charge >= 0.3 is 0 Å². The molecule has 0 spiro atoms. The van der Waals surface area contributed by atoms with Crippen molar-refractivity contribution < 1.29 is 13.2 Å². The largest absolute Gasteiger partial charge is 0.497 e. The predicted octanol–water partition coefficient (Wildman–Crippen LogP) is 2.48. The molecule has 0 aromatic heterocycles. The Morgan fingerprint density at radius 3 is 2.10 bits per heavy atom. The van der Waals surface area contributed by atoms with Gasteiger partial charge in [-0.15, -0.1) is 0 Å². The Morgan fingerprint density at radius 2 is 1.62 bits per heavy atom. The minimum atomic E-state index is -3.52. The average molecular weight is 305 g/mol. The van der Waals surface area contributed by atoms with E-state index in [4.69, 9.17) is 10.5 Å². The minimum absolute atomic E-state index is 0.0391. The second-order valence-corrected chi connectivity index (χ2v) is 6.99. The molecule has 5 heteroatoms. The van der Waals surface area contributed by atoms with Gasteiger partial charge in [0.15, 0.2) is 9.84 Å². The summed E-state index contributed by atoms with van der Waals surface area (Å²) < 4.78 is 30.5. The molecule has 0 aliphatic rings. The zero-order chi connectivity index (χ0) is 15.5. The smallest absolute Gasteiger partial charge is 0.186 e. The molecule has 0 bridgehead atoms. The molecule has 1 unspecified atom stereocenters. The van der Waals surface area contributed by atoms with E-state index in [0.717, 1.165) is 5.56 Å². The van der Waals surface area contributed by atoms with E-state index < -0.39 is 15.1 Å². The Hall–Kier alpha value is -1.85. The fourth-order valence-electron chi connectivity index (χ4n) is 2.15. The van der Waals surface area contributed by atoms with Gasteiger partial charge in [0.1, 0.15) is 11.0 Å². The lowest BCUT2D eigenvalue weighted by Gasteiger charge is -2.17. The van der Waals surface area contributed by atoms with E-state index in [2.05, 4.69) is 0 Å². The zero-order valence-electron chi connectivity index (χ0n) is 12.1. The predicted molar refractivity (Wildman–Crippen MR) is 83.2 cm³/mol. The van der Waals surface area contributed by atoms with Crippen LogP contribution in [-0.4, -0.2) is 22.1 Å². The molecule has 0 aliphatic carbocycles. The first-order valence-electron chi connectivity index (χ1n) is 6.63. The van der Waals surface area contributed by atoms with Gasteiger partial charge in [0.05, 0.1) is 12.0 Å². The first-order valence-corrected chi connectivity index (χ1v) is 8.18. The number of aryl methyl sites for hydroxylation is 1. The molecule has 112 valence electrons. The summed E-state index contributed by atoms with van der Waals surface area (Å²) in [6.07, 6.45) is 0. The average Bonchev–Trinajstić information content (AvgIpc) is 2.50. The van der Waals surface area contributed by atoms with Crippen LogP contribution in [0.2, 0.25) is 0 Å². The number of ether oxygens (including phenoxy) is 1. The van der Waals surface area contributed by atoms with Gasteiger partial charge in [0.2, 0.25) is 0 Å². The molecule has 4 nitrogen and oxygen atoms in total. The molecule has 1 atom stereocenters. The van der Waals surface area contributed by atoms with Gasteiger partial charge in [-0.25, -0.2) is 8.42 Å². The molecule has 0 aliphatic heterocycles. The number of sulfone groups is 1. The van der Waals surface area contributed by atoms with E-state index in [9.17, 15) is 8.42 Å². The topological polar surface area (TPSA) is 69.4 Å². The Labute approximate surface area is 125 Å². The van der Waals surface area contributed by atoms with Crippen molar-refractivity contribution in [2.45, 2.75) is 17.1 Å². The van der Waals surface area contributed by atoms with Crippen LogP contribution in [0.15, 0.2) is 53.4 Å². The molecule has 2 rings (SSSR count). The van der Waals surface area contributed by atoms with Crippen LogP contribution in [0.3, 0.4) is 0 Å². The minimum Gasteiger partial charge on any atom is -0.497 e. The second kappa shape index (κ2) is 6.28. The van der Waals surface area contributed by atoms with E-state index in [1.165, 1.54) is 0 Å². The molecular formula is C16H19NO3S. The molecule has 0 saturated carbocycles. The highest BCUT2D eigenvalue weighted by atomic mass is 32.2. The van der Waals surface area contributed by atoms with Crippen LogP contribution in [-0.2, 0) is 9.84 Å². The standard InChI is InChI=1S/C16H19NO3S/c1-12-3-5-13(6-4-12)16(11-17)21(18,19)15-9-7-14(20-2)8-10-15/h3-10,16H,11,17H2,1-2H3. The summed E-state index contributed by atoms with van der Waals surface area (Å²) in [5, 5.41) is -0.744. The van der Waals surface area contributed by atoms with Gasteiger partial charge in [-0.2, -0.15) is 0 Å². The molecule has 2 N–H and O–H groups in total. The first-order chi connectivity index (χ1) is 9.98. The maximum absolute atomic E-state index is 12.7. The highest BCUT2D eigenvalue weighted by molar-refractivity contribution is 7.91. The van der Waals surface area contributed by atoms with Crippen molar-refractivity contribution in [2.75, 3.05) is 13.7 Å². The number of rotatable bonds is 5. The summed E-state index contributed by atoms with van der Waals surface area (Å²) in [4.78, 5) is 0.249. The fourth-order valence-corrected chi connectivity index (χ4v) is 3.77. The zero-order valence-corrected chi connectivity index (χ0v) is 12.9. The van der Waals surface area contributed by atoms with Gasteiger partial charge in [0.25, 0.3) is 0 Å². The maximum atomic E-state index is 12.7. The molecule has 0 heterocycles. The van der Waals surface area contributed by atoms with Crippen LogP contribution in [0.1, 0.15) is 16.4 Å². The number of nitrogens with two attached hydrogens (primary N) is 1. The highest BCUT2D eigenvalue weighted by Crippen LogP contribution is 2.29. The summed E-state index contributed by atoms with van der Waals surface area (Å²) in [7, 11) is -1.98. The van der Waals surface area contributed by atoms with E-state index in [1.807, 2.05) is 31.2 Å². The maximum Gasteiger partial charge on any atom is 0.186 e. The molecular weight excluding hydrogens is 286 g/mol.